The van der Waals surface area contributed by atoms with Crippen molar-refractivity contribution < 1.29 is 23.8 Å². The smallest absolute Gasteiger partial charge is 0.306 e. The van der Waals surface area contributed by atoms with Crippen molar-refractivity contribution in [3.8, 4) is 0 Å². The summed E-state index contributed by atoms with van der Waals surface area (Å²) in [6.45, 7) is 7.54. The predicted molar refractivity (Wildman–Crippen MR) is 260 cm³/mol. The number of ether oxygens (including phenoxy) is 3. The Balaban J connectivity index is 4.31. The highest BCUT2D eigenvalue weighted by molar-refractivity contribution is 5.70. The molecule has 0 spiro atoms. The van der Waals surface area contributed by atoms with Crippen LogP contribution in [0.1, 0.15) is 226 Å². The number of carbonyl (C=O) groups excluding carboxylic acids is 2. The first-order chi connectivity index (χ1) is 29.6. The van der Waals surface area contributed by atoms with E-state index in [-0.39, 0.29) is 25.2 Å². The minimum Gasteiger partial charge on any atom is -0.462 e. The Labute approximate surface area is 371 Å². The molecule has 0 saturated carbocycles. The second kappa shape index (κ2) is 50.4. The third-order valence-corrected chi connectivity index (χ3v) is 10.4. The van der Waals surface area contributed by atoms with Gasteiger partial charge >= 0.3 is 11.9 Å². The van der Waals surface area contributed by atoms with E-state index in [9.17, 15) is 9.59 Å². The molecule has 5 nitrogen and oxygen atoms in total. The van der Waals surface area contributed by atoms with Gasteiger partial charge in [-0.2, -0.15) is 0 Å². The highest BCUT2D eigenvalue weighted by Gasteiger charge is 2.17. The van der Waals surface area contributed by atoms with Crippen molar-refractivity contribution in [3.63, 3.8) is 0 Å². The van der Waals surface area contributed by atoms with Gasteiger partial charge in [0.15, 0.2) is 6.10 Å². The minimum absolute atomic E-state index is 0.0590. The van der Waals surface area contributed by atoms with Crippen LogP contribution in [0.5, 0.6) is 0 Å². The number of unbranched alkanes of at least 4 members (excludes halogenated alkanes) is 20. The number of hydrogen-bond donors (Lipinski definition) is 0. The van der Waals surface area contributed by atoms with Gasteiger partial charge in [0.25, 0.3) is 0 Å². The molecule has 344 valence electrons. The SMILES string of the molecule is CC/C=C\C/C=C\C/C=C\C/C=C\CCCCC(=O)OCC(COCCCCCCCCCC/C=C\C/C=C\C/C=C\CC)OC(=O)CCCCCCCCCCCCC. The summed E-state index contributed by atoms with van der Waals surface area (Å²) in [6, 6.07) is 0. The molecule has 1 atom stereocenters. The number of rotatable bonds is 45. The maximum absolute atomic E-state index is 12.8. The van der Waals surface area contributed by atoms with Gasteiger partial charge in [-0.15, -0.1) is 0 Å². The van der Waals surface area contributed by atoms with Gasteiger partial charge in [-0.25, -0.2) is 0 Å². The highest BCUT2D eigenvalue weighted by Crippen LogP contribution is 2.14. The number of allylic oxidation sites excluding steroid dienone is 14. The molecule has 1 unspecified atom stereocenters. The largest absolute Gasteiger partial charge is 0.462 e. The molecule has 5 heteroatoms. The van der Waals surface area contributed by atoms with Gasteiger partial charge in [-0.1, -0.05) is 209 Å². The summed E-state index contributed by atoms with van der Waals surface area (Å²) in [5, 5.41) is 0. The van der Waals surface area contributed by atoms with Crippen LogP contribution in [0.25, 0.3) is 0 Å². The summed E-state index contributed by atoms with van der Waals surface area (Å²) in [6.07, 6.45) is 65.9. The van der Waals surface area contributed by atoms with Crippen LogP contribution >= 0.6 is 0 Å². The Morgan fingerprint density at radius 2 is 0.750 bits per heavy atom. The standard InChI is InChI=1S/C55H94O5/c1-4-7-10-13-16-19-22-24-26-27-28-30-32-35-38-41-44-47-50-58-51-53(60-55(57)49-46-43-40-37-33-21-18-15-12-9-6-3)52-59-54(56)48-45-42-39-36-34-31-29-25-23-20-17-14-11-8-5-2/h7-8,10-11,16-17,19-20,24-26,29,34,36,53H,4-6,9,12-15,18,21-23,27-28,30-33,35,37-52H2,1-3H3/b10-7-,11-8-,19-16-,20-17-,26-24-,29-25-,36-34-. The van der Waals surface area contributed by atoms with E-state index in [0.717, 1.165) is 89.9 Å². The normalized spacial score (nSPS) is 12.9. The first-order valence-corrected chi connectivity index (χ1v) is 25.1. The quantitative estimate of drug-likeness (QED) is 0.0347. The molecule has 0 bridgehead atoms. The van der Waals surface area contributed by atoms with E-state index in [4.69, 9.17) is 14.2 Å². The first-order valence-electron chi connectivity index (χ1n) is 25.1. The molecular formula is C55H94O5. The molecule has 0 N–H and O–H groups in total. The van der Waals surface area contributed by atoms with Crippen LogP contribution in [0.15, 0.2) is 85.1 Å². The molecule has 0 amide bonds. The van der Waals surface area contributed by atoms with Crippen LogP contribution in [0.4, 0.5) is 0 Å². The second-order valence-corrected chi connectivity index (χ2v) is 16.3. The lowest BCUT2D eigenvalue weighted by Crippen LogP contribution is -2.30. The van der Waals surface area contributed by atoms with E-state index in [2.05, 4.69) is 106 Å². The fourth-order valence-corrected chi connectivity index (χ4v) is 6.75. The van der Waals surface area contributed by atoms with Crippen molar-refractivity contribution in [2.75, 3.05) is 19.8 Å². The van der Waals surface area contributed by atoms with Crippen molar-refractivity contribution in [3.05, 3.63) is 85.1 Å². The lowest BCUT2D eigenvalue weighted by atomic mass is 10.1. The molecule has 0 rings (SSSR count). The lowest BCUT2D eigenvalue weighted by Gasteiger charge is -2.18. The molecule has 0 radical (unpaired) electrons. The van der Waals surface area contributed by atoms with Crippen LogP contribution in [0.3, 0.4) is 0 Å². The molecule has 0 aliphatic rings. The number of esters is 2. The van der Waals surface area contributed by atoms with Gasteiger partial charge in [-0.3, -0.25) is 9.59 Å². The Hall–Kier alpha value is -2.92. The Morgan fingerprint density at radius 3 is 1.23 bits per heavy atom. The molecule has 0 aliphatic heterocycles. The Morgan fingerprint density at radius 1 is 0.383 bits per heavy atom. The average molecular weight is 835 g/mol. The first kappa shape index (κ1) is 57.1. The molecule has 0 saturated heterocycles. The lowest BCUT2D eigenvalue weighted by molar-refractivity contribution is -0.163. The predicted octanol–water partition coefficient (Wildman–Crippen LogP) is 16.9. The summed E-state index contributed by atoms with van der Waals surface area (Å²) in [5.74, 6) is -0.449. The van der Waals surface area contributed by atoms with Crippen molar-refractivity contribution in [2.45, 2.75) is 232 Å². The van der Waals surface area contributed by atoms with Crippen molar-refractivity contribution in [1.82, 2.24) is 0 Å². The molecule has 60 heavy (non-hydrogen) atoms. The zero-order valence-corrected chi connectivity index (χ0v) is 39.5. The molecule has 0 aromatic rings. The van der Waals surface area contributed by atoms with Gasteiger partial charge in [0.2, 0.25) is 0 Å². The minimum atomic E-state index is -0.558. The zero-order valence-electron chi connectivity index (χ0n) is 39.5. The van der Waals surface area contributed by atoms with Crippen LogP contribution < -0.4 is 0 Å². The van der Waals surface area contributed by atoms with Gasteiger partial charge < -0.3 is 14.2 Å². The van der Waals surface area contributed by atoms with E-state index >= 15 is 0 Å². The molecular weight excluding hydrogens is 741 g/mol. The van der Waals surface area contributed by atoms with Gasteiger partial charge in [0, 0.05) is 19.4 Å². The van der Waals surface area contributed by atoms with E-state index < -0.39 is 6.10 Å². The summed E-state index contributed by atoms with van der Waals surface area (Å²) >= 11 is 0. The highest BCUT2D eigenvalue weighted by atomic mass is 16.6. The van der Waals surface area contributed by atoms with Crippen molar-refractivity contribution >= 4 is 11.9 Å². The maximum atomic E-state index is 12.8. The van der Waals surface area contributed by atoms with Crippen molar-refractivity contribution in [2.24, 2.45) is 0 Å². The third kappa shape index (κ3) is 47.8. The summed E-state index contributed by atoms with van der Waals surface area (Å²) in [5.41, 5.74) is 0. The average Bonchev–Trinajstić information content (AvgIpc) is 3.25. The maximum Gasteiger partial charge on any atom is 0.306 e. The van der Waals surface area contributed by atoms with E-state index in [1.54, 1.807) is 0 Å². The zero-order chi connectivity index (χ0) is 43.5. The third-order valence-electron chi connectivity index (χ3n) is 10.4. The molecule has 0 fully saturated rings. The summed E-state index contributed by atoms with van der Waals surface area (Å²) in [7, 11) is 0. The molecule has 0 aliphatic carbocycles. The monoisotopic (exact) mass is 835 g/mol. The van der Waals surface area contributed by atoms with Crippen LogP contribution in [-0.2, 0) is 23.8 Å². The number of carbonyl (C=O) groups is 2. The summed E-state index contributed by atoms with van der Waals surface area (Å²) < 4.78 is 17.3. The van der Waals surface area contributed by atoms with Gasteiger partial charge in [0.05, 0.1) is 6.61 Å². The van der Waals surface area contributed by atoms with Gasteiger partial charge in [-0.05, 0) is 89.9 Å². The fraction of sp³-hybridized carbons (Fsp3) is 0.709. The van der Waals surface area contributed by atoms with E-state index in [0.29, 0.717) is 19.4 Å². The molecule has 0 heterocycles. The van der Waals surface area contributed by atoms with Crippen LogP contribution in [0, 0.1) is 0 Å². The van der Waals surface area contributed by atoms with Crippen LogP contribution in [0.2, 0.25) is 0 Å². The van der Waals surface area contributed by atoms with E-state index in [1.165, 1.54) is 103 Å². The second-order valence-electron chi connectivity index (χ2n) is 16.3. The topological polar surface area (TPSA) is 61.8 Å². The van der Waals surface area contributed by atoms with Crippen LogP contribution in [-0.4, -0.2) is 37.9 Å². The molecule has 0 aromatic carbocycles. The van der Waals surface area contributed by atoms with E-state index in [1.807, 2.05) is 0 Å². The van der Waals surface area contributed by atoms with Gasteiger partial charge in [0.1, 0.15) is 6.61 Å². The van der Waals surface area contributed by atoms with Crippen molar-refractivity contribution in [1.29, 1.82) is 0 Å². The molecule has 0 aromatic heterocycles. The Bertz CT molecular complexity index is 1130. The Kier molecular flexibility index (Phi) is 48.0. The number of hydrogen-bond acceptors (Lipinski definition) is 5. The fourth-order valence-electron chi connectivity index (χ4n) is 6.75. The summed E-state index contributed by atoms with van der Waals surface area (Å²) in [4.78, 5) is 25.3.